The third-order valence-corrected chi connectivity index (χ3v) is 7.98. The summed E-state index contributed by atoms with van der Waals surface area (Å²) < 4.78 is 39.0. The van der Waals surface area contributed by atoms with Gasteiger partial charge in [-0.1, -0.05) is 11.8 Å². The van der Waals surface area contributed by atoms with Crippen LogP contribution in [0.5, 0.6) is 5.75 Å². The first-order valence-corrected chi connectivity index (χ1v) is 13.2. The van der Waals surface area contributed by atoms with E-state index >= 15 is 0 Å². The number of oxazole rings is 1. The fourth-order valence-electron chi connectivity index (χ4n) is 4.10. The maximum Gasteiger partial charge on any atom is 0.261 e. The summed E-state index contributed by atoms with van der Waals surface area (Å²) in [5.41, 5.74) is 1.31. The highest BCUT2D eigenvalue weighted by atomic mass is 32.2. The molecule has 1 aliphatic rings. The number of piperidine rings is 1. The van der Waals surface area contributed by atoms with E-state index in [2.05, 4.69) is 23.6 Å². The van der Waals surface area contributed by atoms with Crippen molar-refractivity contribution in [3.8, 4) is 5.75 Å². The number of carbonyl (C=O) groups excluding carboxylic acids is 1. The van der Waals surface area contributed by atoms with Crippen molar-refractivity contribution in [3.63, 3.8) is 0 Å². The minimum Gasteiger partial charge on any atom is -0.497 e. The van der Waals surface area contributed by atoms with Crippen LogP contribution in [0, 0.1) is 0 Å². The van der Waals surface area contributed by atoms with E-state index in [-0.39, 0.29) is 28.6 Å². The number of carbonyl (C=O) groups is 1. The zero-order valence-electron chi connectivity index (χ0n) is 18.8. The number of hydrogen-bond acceptors (Lipinski definition) is 7. The average molecular weight is 490 g/mol. The number of nitrogens with zero attached hydrogens (tertiary/aromatic N) is 2. The third kappa shape index (κ3) is 5.27. The van der Waals surface area contributed by atoms with Crippen molar-refractivity contribution in [1.82, 2.24) is 9.88 Å². The molecule has 0 bridgehead atoms. The van der Waals surface area contributed by atoms with E-state index in [0.717, 1.165) is 19.3 Å². The Bertz CT molecular complexity index is 1230. The van der Waals surface area contributed by atoms with Crippen LogP contribution in [0.25, 0.3) is 11.1 Å². The van der Waals surface area contributed by atoms with E-state index in [4.69, 9.17) is 9.15 Å². The van der Waals surface area contributed by atoms with Gasteiger partial charge in [0.2, 0.25) is 5.91 Å². The van der Waals surface area contributed by atoms with E-state index in [9.17, 15) is 13.2 Å². The van der Waals surface area contributed by atoms with Crippen LogP contribution in [-0.2, 0) is 14.8 Å². The molecular formula is C23H27N3O5S2. The third-order valence-electron chi connectivity index (χ3n) is 5.79. The van der Waals surface area contributed by atoms with E-state index in [1.807, 2.05) is 4.90 Å². The largest absolute Gasteiger partial charge is 0.497 e. The molecule has 1 aromatic heterocycles. The van der Waals surface area contributed by atoms with E-state index in [1.165, 1.54) is 23.9 Å². The molecule has 176 valence electrons. The standard InChI is InChI=1S/C23H27N3O5S2/c1-15-5-4-6-16(2)26(15)22(27)14-32-23-24-20-13-19(11-12-21(20)31-23)33(28,29)25-17-7-9-18(30-3)10-8-17/h7-13,15-16,25H,4-6,14H2,1-3H3. The second-order valence-electron chi connectivity index (χ2n) is 8.16. The summed E-state index contributed by atoms with van der Waals surface area (Å²) in [7, 11) is -2.26. The zero-order valence-corrected chi connectivity index (χ0v) is 20.4. The number of methoxy groups -OCH3 is 1. The first-order valence-electron chi connectivity index (χ1n) is 10.8. The van der Waals surface area contributed by atoms with Gasteiger partial charge >= 0.3 is 0 Å². The normalized spacial score (nSPS) is 18.9. The highest BCUT2D eigenvalue weighted by Gasteiger charge is 2.29. The number of ether oxygens (including phenoxy) is 1. The van der Waals surface area contributed by atoms with Gasteiger partial charge in [0, 0.05) is 17.8 Å². The summed E-state index contributed by atoms with van der Waals surface area (Å²) in [4.78, 5) is 19.2. The molecule has 2 aromatic carbocycles. The van der Waals surface area contributed by atoms with Crippen molar-refractivity contribution in [3.05, 3.63) is 42.5 Å². The molecule has 1 amide bonds. The summed E-state index contributed by atoms with van der Waals surface area (Å²) in [5, 5.41) is 0.341. The van der Waals surface area contributed by atoms with Gasteiger partial charge in [-0.3, -0.25) is 9.52 Å². The van der Waals surface area contributed by atoms with Gasteiger partial charge in [0.15, 0.2) is 5.58 Å². The number of rotatable bonds is 7. The lowest BCUT2D eigenvalue weighted by Gasteiger charge is -2.39. The van der Waals surface area contributed by atoms with Gasteiger partial charge in [0.1, 0.15) is 11.3 Å². The van der Waals surface area contributed by atoms with Crippen molar-refractivity contribution >= 4 is 44.5 Å². The highest BCUT2D eigenvalue weighted by molar-refractivity contribution is 7.99. The molecule has 3 aromatic rings. The Balaban J connectivity index is 1.46. The van der Waals surface area contributed by atoms with Crippen LogP contribution >= 0.6 is 11.8 Å². The SMILES string of the molecule is COc1ccc(NS(=O)(=O)c2ccc3oc(SCC(=O)N4C(C)CCCC4C)nc3c2)cc1. The molecule has 33 heavy (non-hydrogen) atoms. The lowest BCUT2D eigenvalue weighted by Crippen LogP contribution is -2.48. The molecule has 2 heterocycles. The van der Waals surface area contributed by atoms with Crippen molar-refractivity contribution in [2.24, 2.45) is 0 Å². The Morgan fingerprint density at radius 1 is 1.18 bits per heavy atom. The van der Waals surface area contributed by atoms with Crippen molar-refractivity contribution in [1.29, 1.82) is 0 Å². The molecule has 0 radical (unpaired) electrons. The van der Waals surface area contributed by atoms with Crippen molar-refractivity contribution in [2.45, 2.75) is 55.3 Å². The average Bonchev–Trinajstić information content (AvgIpc) is 3.20. The number of likely N-dealkylation sites (tertiary alicyclic amines) is 1. The predicted octanol–water partition coefficient (Wildman–Crippen LogP) is 4.52. The molecule has 0 saturated carbocycles. The maximum absolute atomic E-state index is 12.8. The van der Waals surface area contributed by atoms with Crippen LogP contribution in [0.1, 0.15) is 33.1 Å². The van der Waals surface area contributed by atoms with E-state index < -0.39 is 10.0 Å². The Kier molecular flexibility index (Phi) is 6.85. The fourth-order valence-corrected chi connectivity index (χ4v) is 5.88. The zero-order chi connectivity index (χ0) is 23.6. The second-order valence-corrected chi connectivity index (χ2v) is 10.8. The van der Waals surface area contributed by atoms with Gasteiger partial charge in [0.05, 0.1) is 17.8 Å². The molecule has 4 rings (SSSR count). The molecule has 10 heteroatoms. The summed E-state index contributed by atoms with van der Waals surface area (Å²) in [6.45, 7) is 4.17. The molecule has 2 unspecified atom stereocenters. The minimum atomic E-state index is -3.81. The number of thioether (sulfide) groups is 1. The fraction of sp³-hybridized carbons (Fsp3) is 0.391. The van der Waals surface area contributed by atoms with Crippen LogP contribution in [-0.4, -0.2) is 49.2 Å². The van der Waals surface area contributed by atoms with Gasteiger partial charge in [-0.15, -0.1) is 0 Å². The summed E-state index contributed by atoms with van der Waals surface area (Å²) >= 11 is 1.23. The molecule has 1 aliphatic heterocycles. The molecule has 8 nitrogen and oxygen atoms in total. The van der Waals surface area contributed by atoms with Crippen LogP contribution in [0.4, 0.5) is 5.69 Å². The van der Waals surface area contributed by atoms with Gasteiger partial charge < -0.3 is 14.1 Å². The molecule has 1 saturated heterocycles. The molecule has 1 fully saturated rings. The number of nitrogens with one attached hydrogen (secondary N) is 1. The monoisotopic (exact) mass is 489 g/mol. The Morgan fingerprint density at radius 2 is 1.88 bits per heavy atom. The van der Waals surface area contributed by atoms with E-state index in [1.54, 1.807) is 37.4 Å². The number of benzene rings is 2. The number of sulfonamides is 1. The highest BCUT2D eigenvalue weighted by Crippen LogP contribution is 2.28. The first kappa shape index (κ1) is 23.4. The Labute approximate surface area is 197 Å². The van der Waals surface area contributed by atoms with Gasteiger partial charge in [-0.25, -0.2) is 13.4 Å². The number of fused-ring (bicyclic) bond motifs is 1. The van der Waals surface area contributed by atoms with Crippen molar-refractivity contribution in [2.75, 3.05) is 17.6 Å². The van der Waals surface area contributed by atoms with Crippen LogP contribution in [0.2, 0.25) is 0 Å². The first-order chi connectivity index (χ1) is 15.8. The number of aromatic nitrogens is 1. The lowest BCUT2D eigenvalue weighted by molar-refractivity contribution is -0.134. The molecule has 0 spiro atoms. The summed E-state index contributed by atoms with van der Waals surface area (Å²) in [6, 6.07) is 11.6. The molecular weight excluding hydrogens is 462 g/mol. The van der Waals surface area contributed by atoms with Gasteiger partial charge in [-0.2, -0.15) is 0 Å². The summed E-state index contributed by atoms with van der Waals surface area (Å²) in [5.74, 6) is 0.926. The van der Waals surface area contributed by atoms with Crippen LogP contribution in [0.3, 0.4) is 0 Å². The number of amides is 1. The molecule has 1 N–H and O–H groups in total. The van der Waals surface area contributed by atoms with Gasteiger partial charge in [-0.05, 0) is 75.6 Å². The second kappa shape index (κ2) is 9.64. The number of hydrogen-bond donors (Lipinski definition) is 1. The Morgan fingerprint density at radius 3 is 2.55 bits per heavy atom. The molecule has 0 aliphatic carbocycles. The smallest absolute Gasteiger partial charge is 0.261 e. The van der Waals surface area contributed by atoms with Crippen LogP contribution in [0.15, 0.2) is 57.0 Å². The van der Waals surface area contributed by atoms with Crippen molar-refractivity contribution < 1.29 is 22.4 Å². The molecule has 2 atom stereocenters. The predicted molar refractivity (Wildman–Crippen MR) is 128 cm³/mol. The summed E-state index contributed by atoms with van der Waals surface area (Å²) in [6.07, 6.45) is 3.18. The number of anilines is 1. The van der Waals surface area contributed by atoms with E-state index in [0.29, 0.717) is 27.8 Å². The topological polar surface area (TPSA) is 102 Å². The van der Waals surface area contributed by atoms with Crippen LogP contribution < -0.4 is 9.46 Å². The maximum atomic E-state index is 12.8. The Hall–Kier alpha value is -2.72. The van der Waals surface area contributed by atoms with Gasteiger partial charge in [0.25, 0.3) is 15.2 Å². The lowest BCUT2D eigenvalue weighted by atomic mass is 9.98. The quantitative estimate of drug-likeness (QED) is 0.487. The minimum absolute atomic E-state index is 0.0638.